The molecule has 2 aliphatic rings. The Labute approximate surface area is 195 Å². The lowest BCUT2D eigenvalue weighted by atomic mass is 9.98. The van der Waals surface area contributed by atoms with Gasteiger partial charge in [-0.3, -0.25) is 0 Å². The number of ether oxygens (including phenoxy) is 1. The van der Waals surface area contributed by atoms with Gasteiger partial charge in [0.25, 0.3) is 0 Å². The zero-order valence-electron chi connectivity index (χ0n) is 19.1. The van der Waals surface area contributed by atoms with Crippen LogP contribution in [0.3, 0.4) is 0 Å². The van der Waals surface area contributed by atoms with Crippen LogP contribution in [0.2, 0.25) is 5.02 Å². The summed E-state index contributed by atoms with van der Waals surface area (Å²) in [5.74, 6) is 1.96. The Bertz CT molecular complexity index is 896. The molecule has 174 valence electrons. The number of piperidine rings is 1. The second-order valence-corrected chi connectivity index (χ2v) is 9.29. The Kier molecular flexibility index (Phi) is 7.52. The fourth-order valence-electron chi connectivity index (χ4n) is 4.86. The number of hydrogen-bond acceptors (Lipinski definition) is 8. The number of nitrogens with zero attached hydrogens (tertiary/aromatic N) is 5. The minimum Gasteiger partial charge on any atom is -0.495 e. The molecule has 0 amide bonds. The molecule has 0 bridgehead atoms. The second-order valence-electron chi connectivity index (χ2n) is 8.88. The Hall–Kier alpha value is -2.32. The maximum Gasteiger partial charge on any atom is 0.233 e. The van der Waals surface area contributed by atoms with Crippen molar-refractivity contribution in [2.45, 2.75) is 63.5 Å². The Balaban J connectivity index is 1.63. The standard InChI is InChI=1S/C23H34ClN7O/c1-30-13-11-18(12-14-30)31(17-7-5-3-4-6-8-17)23-28-21(25)27-22(29-23)26-16-9-10-20(32-2)19(24)15-16/h9-10,15,17-18H,3-8,11-14H2,1-2H3,(H3,25,26,27,28,29). The molecule has 0 unspecified atom stereocenters. The molecule has 1 aromatic heterocycles. The molecule has 1 saturated carbocycles. The molecule has 0 spiro atoms. The Morgan fingerprint density at radius 2 is 1.72 bits per heavy atom. The molecule has 1 saturated heterocycles. The van der Waals surface area contributed by atoms with E-state index in [1.807, 2.05) is 12.1 Å². The van der Waals surface area contributed by atoms with Crippen LogP contribution in [-0.2, 0) is 0 Å². The van der Waals surface area contributed by atoms with Crippen LogP contribution in [0.15, 0.2) is 18.2 Å². The average Bonchev–Trinajstić information content (AvgIpc) is 3.04. The molecule has 32 heavy (non-hydrogen) atoms. The summed E-state index contributed by atoms with van der Waals surface area (Å²) in [6, 6.07) is 6.34. The van der Waals surface area contributed by atoms with Gasteiger partial charge in [-0.2, -0.15) is 15.0 Å². The molecule has 1 aliphatic heterocycles. The van der Waals surface area contributed by atoms with Crippen LogP contribution in [0.4, 0.5) is 23.5 Å². The third kappa shape index (κ3) is 5.53. The number of halogens is 1. The van der Waals surface area contributed by atoms with Crippen LogP contribution in [0.1, 0.15) is 51.4 Å². The van der Waals surface area contributed by atoms with Crippen molar-refractivity contribution in [3.63, 3.8) is 0 Å². The minimum absolute atomic E-state index is 0.226. The molecule has 0 radical (unpaired) electrons. The maximum atomic E-state index is 6.28. The zero-order valence-corrected chi connectivity index (χ0v) is 19.8. The average molecular weight is 460 g/mol. The number of hydrogen-bond donors (Lipinski definition) is 2. The van der Waals surface area contributed by atoms with Gasteiger partial charge in [0.2, 0.25) is 17.8 Å². The second kappa shape index (κ2) is 10.5. The van der Waals surface area contributed by atoms with E-state index in [0.29, 0.717) is 34.8 Å². The van der Waals surface area contributed by atoms with Gasteiger partial charge in [0.15, 0.2) is 0 Å². The van der Waals surface area contributed by atoms with E-state index < -0.39 is 0 Å². The third-order valence-corrected chi connectivity index (χ3v) is 6.87. The number of nitrogen functional groups attached to an aromatic ring is 1. The van der Waals surface area contributed by atoms with E-state index in [0.717, 1.165) is 31.6 Å². The van der Waals surface area contributed by atoms with Crippen molar-refractivity contribution < 1.29 is 4.74 Å². The van der Waals surface area contributed by atoms with Crippen LogP contribution >= 0.6 is 11.6 Å². The number of benzene rings is 1. The summed E-state index contributed by atoms with van der Waals surface area (Å²) >= 11 is 6.28. The number of likely N-dealkylation sites (tertiary alicyclic amines) is 1. The van der Waals surface area contributed by atoms with Gasteiger partial charge in [-0.25, -0.2) is 0 Å². The van der Waals surface area contributed by atoms with Gasteiger partial charge >= 0.3 is 0 Å². The molecule has 2 aromatic rings. The highest BCUT2D eigenvalue weighted by atomic mass is 35.5. The van der Waals surface area contributed by atoms with Crippen LogP contribution in [0.5, 0.6) is 5.75 Å². The predicted molar refractivity (Wildman–Crippen MR) is 130 cm³/mol. The van der Waals surface area contributed by atoms with E-state index in [1.54, 1.807) is 13.2 Å². The van der Waals surface area contributed by atoms with Crippen molar-refractivity contribution in [2.24, 2.45) is 0 Å². The fourth-order valence-corrected chi connectivity index (χ4v) is 5.12. The van der Waals surface area contributed by atoms with Gasteiger partial charge in [-0.05, 0) is 64.0 Å². The summed E-state index contributed by atoms with van der Waals surface area (Å²) in [6.45, 7) is 2.17. The lowest BCUT2D eigenvalue weighted by Gasteiger charge is -2.41. The molecule has 2 heterocycles. The summed E-state index contributed by atoms with van der Waals surface area (Å²) in [5.41, 5.74) is 6.93. The lowest BCUT2D eigenvalue weighted by Crippen LogP contribution is -2.49. The summed E-state index contributed by atoms with van der Waals surface area (Å²) in [7, 11) is 3.79. The number of rotatable bonds is 6. The fraction of sp³-hybridized carbons (Fsp3) is 0.609. The minimum atomic E-state index is 0.226. The third-order valence-electron chi connectivity index (χ3n) is 6.58. The van der Waals surface area contributed by atoms with E-state index in [-0.39, 0.29) is 5.95 Å². The molecule has 9 heteroatoms. The summed E-state index contributed by atoms with van der Waals surface area (Å²) in [5, 5.41) is 3.76. The zero-order chi connectivity index (χ0) is 22.5. The van der Waals surface area contributed by atoms with Crippen LogP contribution < -0.4 is 20.7 Å². The number of methoxy groups -OCH3 is 1. The molecule has 8 nitrogen and oxygen atoms in total. The van der Waals surface area contributed by atoms with Crippen LogP contribution in [0.25, 0.3) is 0 Å². The molecule has 1 aromatic carbocycles. The molecule has 2 fully saturated rings. The van der Waals surface area contributed by atoms with Crippen molar-refractivity contribution in [1.29, 1.82) is 0 Å². The topological polar surface area (TPSA) is 92.4 Å². The van der Waals surface area contributed by atoms with Gasteiger partial charge in [0.1, 0.15) is 5.75 Å². The normalized spacial score (nSPS) is 18.8. The SMILES string of the molecule is COc1ccc(Nc2nc(N)nc(N(C3CCCCCC3)C3CCN(C)CC3)n2)cc1Cl. The molecular weight excluding hydrogens is 426 g/mol. The number of nitrogens with one attached hydrogen (secondary N) is 1. The highest BCUT2D eigenvalue weighted by Crippen LogP contribution is 2.32. The molecule has 3 N–H and O–H groups in total. The number of anilines is 4. The van der Waals surface area contributed by atoms with Gasteiger partial charge < -0.3 is 25.6 Å². The van der Waals surface area contributed by atoms with E-state index in [4.69, 9.17) is 27.1 Å². The quantitative estimate of drug-likeness (QED) is 0.610. The monoisotopic (exact) mass is 459 g/mol. The predicted octanol–water partition coefficient (Wildman–Crippen LogP) is 4.48. The number of nitrogens with two attached hydrogens (primary N) is 1. The van der Waals surface area contributed by atoms with Crippen LogP contribution in [0, 0.1) is 0 Å². The van der Waals surface area contributed by atoms with Gasteiger partial charge in [0, 0.05) is 17.8 Å². The Morgan fingerprint density at radius 1 is 1.03 bits per heavy atom. The summed E-state index contributed by atoms with van der Waals surface area (Å²) in [4.78, 5) is 18.6. The van der Waals surface area contributed by atoms with E-state index in [1.165, 1.54) is 38.5 Å². The summed E-state index contributed by atoms with van der Waals surface area (Å²) in [6.07, 6.45) is 9.69. The molecular formula is C23H34ClN7O. The van der Waals surface area contributed by atoms with Crippen molar-refractivity contribution in [3.8, 4) is 5.75 Å². The van der Waals surface area contributed by atoms with Gasteiger partial charge in [-0.15, -0.1) is 0 Å². The van der Waals surface area contributed by atoms with Crippen molar-refractivity contribution in [3.05, 3.63) is 23.2 Å². The maximum absolute atomic E-state index is 6.28. The highest BCUT2D eigenvalue weighted by molar-refractivity contribution is 6.32. The Morgan fingerprint density at radius 3 is 2.38 bits per heavy atom. The smallest absolute Gasteiger partial charge is 0.233 e. The first kappa shape index (κ1) is 22.9. The summed E-state index contributed by atoms with van der Waals surface area (Å²) < 4.78 is 5.24. The highest BCUT2D eigenvalue weighted by Gasteiger charge is 2.32. The van der Waals surface area contributed by atoms with Crippen molar-refractivity contribution in [2.75, 3.05) is 43.2 Å². The first-order valence-corrected chi connectivity index (χ1v) is 12.0. The largest absolute Gasteiger partial charge is 0.495 e. The first-order valence-electron chi connectivity index (χ1n) is 11.6. The van der Waals surface area contributed by atoms with Gasteiger partial charge in [-0.1, -0.05) is 37.3 Å². The van der Waals surface area contributed by atoms with Crippen molar-refractivity contribution in [1.82, 2.24) is 19.9 Å². The van der Waals surface area contributed by atoms with E-state index >= 15 is 0 Å². The van der Waals surface area contributed by atoms with E-state index in [2.05, 4.69) is 32.1 Å². The van der Waals surface area contributed by atoms with Crippen molar-refractivity contribution >= 4 is 35.1 Å². The number of aromatic nitrogens is 3. The molecule has 1 aliphatic carbocycles. The molecule has 0 atom stereocenters. The molecule has 4 rings (SSSR count). The lowest BCUT2D eigenvalue weighted by molar-refractivity contribution is 0.239. The first-order chi connectivity index (χ1) is 15.5. The van der Waals surface area contributed by atoms with Gasteiger partial charge in [0.05, 0.1) is 12.1 Å². The van der Waals surface area contributed by atoms with Crippen LogP contribution in [-0.4, -0.2) is 59.2 Å². The van der Waals surface area contributed by atoms with E-state index in [9.17, 15) is 0 Å².